The van der Waals surface area contributed by atoms with Crippen molar-refractivity contribution in [3.63, 3.8) is 0 Å². The van der Waals surface area contributed by atoms with Crippen LogP contribution in [0, 0.1) is 5.92 Å². The lowest BCUT2D eigenvalue weighted by Gasteiger charge is -2.14. The van der Waals surface area contributed by atoms with E-state index < -0.39 is 5.75 Å². The molecule has 0 aromatic heterocycles. The lowest BCUT2D eigenvalue weighted by atomic mass is 10.1. The minimum Gasteiger partial charge on any atom is -0.300 e. The summed E-state index contributed by atoms with van der Waals surface area (Å²) in [5.41, 5.74) is 0. The van der Waals surface area contributed by atoms with Crippen LogP contribution in [0.2, 0.25) is 0 Å². The van der Waals surface area contributed by atoms with Crippen LogP contribution in [0.4, 0.5) is 4.39 Å². The predicted octanol–water partition coefficient (Wildman–Crippen LogP) is 1.35. The molecule has 0 bridgehead atoms. The van der Waals surface area contributed by atoms with Crippen LogP contribution in [0.15, 0.2) is 0 Å². The minimum absolute atomic E-state index is 0.0583. The first kappa shape index (κ1) is 7.79. The molecule has 0 aromatic rings. The van der Waals surface area contributed by atoms with E-state index in [9.17, 15) is 9.18 Å². The predicted molar refractivity (Wildman–Crippen MR) is 36.2 cm³/mol. The van der Waals surface area contributed by atoms with Crippen molar-refractivity contribution in [2.24, 2.45) is 5.92 Å². The molecular weight excluding hydrogens is 157 g/mol. The molecule has 0 N–H and O–H groups in total. The molecular formula is C6H9ClFNO. The van der Waals surface area contributed by atoms with Crippen molar-refractivity contribution >= 4 is 17.5 Å². The molecule has 10 heavy (non-hydrogen) atoms. The first-order valence-electron chi connectivity index (χ1n) is 3.21. The topological polar surface area (TPSA) is 20.3 Å². The van der Waals surface area contributed by atoms with Gasteiger partial charge in [-0.3, -0.25) is 9.69 Å². The standard InChI is InChI=1S/C6H9ClFNO/c1-4-2-3-9(5(4)10)6(7)8/h4,6H,2-3H2,1H3/t4-,6?/m1/s1. The highest BCUT2D eigenvalue weighted by Gasteiger charge is 2.31. The molecule has 0 aromatic carbocycles. The zero-order valence-corrected chi connectivity index (χ0v) is 6.44. The second-order valence-corrected chi connectivity index (χ2v) is 2.86. The quantitative estimate of drug-likeness (QED) is 0.424. The van der Waals surface area contributed by atoms with Gasteiger partial charge in [0, 0.05) is 12.5 Å². The summed E-state index contributed by atoms with van der Waals surface area (Å²) in [6.07, 6.45) is 0.714. The second-order valence-electron chi connectivity index (χ2n) is 2.50. The Morgan fingerprint density at radius 1 is 1.90 bits per heavy atom. The molecule has 0 aliphatic carbocycles. The van der Waals surface area contributed by atoms with Crippen molar-refractivity contribution in [3.05, 3.63) is 0 Å². The van der Waals surface area contributed by atoms with Crippen molar-refractivity contribution < 1.29 is 9.18 Å². The first-order valence-corrected chi connectivity index (χ1v) is 3.65. The van der Waals surface area contributed by atoms with Gasteiger partial charge in [0.2, 0.25) is 11.7 Å². The van der Waals surface area contributed by atoms with E-state index in [4.69, 9.17) is 11.6 Å². The number of hydrogen-bond acceptors (Lipinski definition) is 1. The Bertz CT molecular complexity index is 151. The Morgan fingerprint density at radius 2 is 2.50 bits per heavy atom. The van der Waals surface area contributed by atoms with E-state index in [1.54, 1.807) is 6.92 Å². The highest BCUT2D eigenvalue weighted by molar-refractivity contribution is 6.20. The Kier molecular flexibility index (Phi) is 2.14. The van der Waals surface area contributed by atoms with Gasteiger partial charge in [-0.2, -0.15) is 0 Å². The van der Waals surface area contributed by atoms with Gasteiger partial charge in [0.05, 0.1) is 0 Å². The molecule has 2 nitrogen and oxygen atoms in total. The molecule has 1 aliphatic heterocycles. The highest BCUT2D eigenvalue weighted by atomic mass is 35.5. The number of alkyl halides is 2. The van der Waals surface area contributed by atoms with Gasteiger partial charge in [0.15, 0.2) is 0 Å². The van der Waals surface area contributed by atoms with E-state index in [0.717, 1.165) is 4.90 Å². The first-order chi connectivity index (χ1) is 4.63. The van der Waals surface area contributed by atoms with Gasteiger partial charge in [0.1, 0.15) is 0 Å². The Hall–Kier alpha value is -0.310. The number of nitrogens with zero attached hydrogens (tertiary/aromatic N) is 1. The van der Waals surface area contributed by atoms with Gasteiger partial charge >= 0.3 is 0 Å². The molecule has 1 amide bonds. The summed E-state index contributed by atoms with van der Waals surface area (Å²) < 4.78 is 12.3. The average molecular weight is 166 g/mol. The number of carbonyl (C=O) groups is 1. The van der Waals surface area contributed by atoms with Gasteiger partial charge in [-0.25, -0.2) is 4.39 Å². The SMILES string of the molecule is C[C@@H]1CCN(C(F)Cl)C1=O. The number of carbonyl (C=O) groups excluding carboxylic acids is 1. The Morgan fingerprint density at radius 3 is 2.70 bits per heavy atom. The molecule has 0 spiro atoms. The summed E-state index contributed by atoms with van der Waals surface area (Å²) in [5, 5.41) is 0. The van der Waals surface area contributed by atoms with E-state index in [-0.39, 0.29) is 11.8 Å². The molecule has 1 unspecified atom stereocenters. The maximum Gasteiger partial charge on any atom is 0.250 e. The maximum atomic E-state index is 12.3. The molecule has 1 heterocycles. The van der Waals surface area contributed by atoms with E-state index in [1.165, 1.54) is 0 Å². The van der Waals surface area contributed by atoms with Crippen LogP contribution >= 0.6 is 11.6 Å². The highest BCUT2D eigenvalue weighted by Crippen LogP contribution is 2.21. The molecule has 1 rings (SSSR count). The molecule has 58 valence electrons. The van der Waals surface area contributed by atoms with Crippen LogP contribution in [0.25, 0.3) is 0 Å². The summed E-state index contributed by atoms with van der Waals surface area (Å²) in [7, 11) is 0. The van der Waals surface area contributed by atoms with Crippen LogP contribution in [0.3, 0.4) is 0 Å². The third-order valence-corrected chi connectivity index (χ3v) is 1.98. The third kappa shape index (κ3) is 1.24. The Labute approximate surface area is 63.9 Å². The fourth-order valence-electron chi connectivity index (χ4n) is 1.04. The molecule has 2 atom stereocenters. The average Bonchev–Trinajstić information content (AvgIpc) is 2.14. The summed E-state index contributed by atoms with van der Waals surface area (Å²) in [6, 6.07) is 0. The van der Waals surface area contributed by atoms with Crippen molar-refractivity contribution in [1.82, 2.24) is 4.90 Å². The lowest BCUT2D eigenvalue weighted by molar-refractivity contribution is -0.133. The van der Waals surface area contributed by atoms with Gasteiger partial charge in [-0.1, -0.05) is 18.5 Å². The van der Waals surface area contributed by atoms with Gasteiger partial charge < -0.3 is 0 Å². The molecule has 1 saturated heterocycles. The largest absolute Gasteiger partial charge is 0.300 e. The van der Waals surface area contributed by atoms with Gasteiger partial charge in [-0.05, 0) is 6.42 Å². The van der Waals surface area contributed by atoms with Gasteiger partial charge in [0.25, 0.3) is 0 Å². The van der Waals surface area contributed by atoms with Crippen molar-refractivity contribution in [2.45, 2.75) is 19.1 Å². The monoisotopic (exact) mass is 165 g/mol. The number of halogens is 2. The van der Waals surface area contributed by atoms with E-state index in [2.05, 4.69) is 0 Å². The maximum absolute atomic E-state index is 12.3. The smallest absolute Gasteiger partial charge is 0.250 e. The van der Waals surface area contributed by atoms with Gasteiger partial charge in [-0.15, -0.1) is 0 Å². The van der Waals surface area contributed by atoms with Crippen LogP contribution < -0.4 is 0 Å². The van der Waals surface area contributed by atoms with Crippen molar-refractivity contribution in [1.29, 1.82) is 0 Å². The number of hydrogen-bond donors (Lipinski definition) is 0. The van der Waals surface area contributed by atoms with Crippen molar-refractivity contribution in [2.75, 3.05) is 6.54 Å². The van der Waals surface area contributed by atoms with E-state index in [0.29, 0.717) is 13.0 Å². The summed E-state index contributed by atoms with van der Waals surface area (Å²) in [4.78, 5) is 12.0. The minimum atomic E-state index is -1.64. The van der Waals surface area contributed by atoms with E-state index in [1.807, 2.05) is 0 Å². The van der Waals surface area contributed by atoms with Crippen LogP contribution in [0.1, 0.15) is 13.3 Å². The van der Waals surface area contributed by atoms with E-state index >= 15 is 0 Å². The fourth-order valence-corrected chi connectivity index (χ4v) is 1.24. The molecule has 1 fully saturated rings. The Balaban J connectivity index is 2.57. The molecule has 0 saturated carbocycles. The number of likely N-dealkylation sites (tertiary alicyclic amines) is 1. The summed E-state index contributed by atoms with van der Waals surface area (Å²) >= 11 is 5.08. The fraction of sp³-hybridized carbons (Fsp3) is 0.833. The molecule has 1 aliphatic rings. The molecule has 4 heteroatoms. The summed E-state index contributed by atoms with van der Waals surface area (Å²) in [6.45, 7) is 2.23. The second kappa shape index (κ2) is 2.74. The number of rotatable bonds is 1. The normalized spacial score (nSPS) is 29.3. The zero-order chi connectivity index (χ0) is 7.72. The zero-order valence-electron chi connectivity index (χ0n) is 5.68. The van der Waals surface area contributed by atoms with Crippen molar-refractivity contribution in [3.8, 4) is 0 Å². The van der Waals surface area contributed by atoms with Crippen LogP contribution in [0.5, 0.6) is 0 Å². The van der Waals surface area contributed by atoms with Crippen LogP contribution in [-0.2, 0) is 4.79 Å². The number of amides is 1. The summed E-state index contributed by atoms with van der Waals surface area (Å²) in [5.74, 6) is -1.88. The third-order valence-electron chi connectivity index (χ3n) is 1.74. The van der Waals surface area contributed by atoms with Crippen LogP contribution in [-0.4, -0.2) is 23.1 Å². The molecule has 0 radical (unpaired) electrons. The lowest BCUT2D eigenvalue weighted by Crippen LogP contribution is -2.30.